The van der Waals surface area contributed by atoms with Crippen molar-refractivity contribution in [1.82, 2.24) is 5.32 Å². The maximum atomic E-state index is 10.9. The molecule has 4 heteroatoms. The van der Waals surface area contributed by atoms with E-state index in [1.807, 2.05) is 24.5 Å². The van der Waals surface area contributed by atoms with Crippen molar-refractivity contribution in [2.75, 3.05) is 13.4 Å². The third kappa shape index (κ3) is 3.82. The van der Waals surface area contributed by atoms with Gasteiger partial charge >= 0.3 is 0 Å². The summed E-state index contributed by atoms with van der Waals surface area (Å²) in [6, 6.07) is 5.87. The van der Waals surface area contributed by atoms with E-state index in [0.717, 1.165) is 21.8 Å². The maximum absolute atomic E-state index is 10.9. The van der Waals surface area contributed by atoms with Gasteiger partial charge in [0.25, 0.3) is 0 Å². The van der Waals surface area contributed by atoms with Crippen LogP contribution in [0.4, 0.5) is 0 Å². The van der Waals surface area contributed by atoms with E-state index in [1.165, 1.54) is 6.92 Å². The van der Waals surface area contributed by atoms with Crippen LogP contribution in [-0.4, -0.2) is 19.3 Å². The molecule has 0 saturated carbocycles. The van der Waals surface area contributed by atoms with Crippen molar-refractivity contribution >= 4 is 22.6 Å². The smallest absolute Gasteiger partial charge is 0.217 e. The van der Waals surface area contributed by atoms with Crippen LogP contribution in [-0.2, 0) is 11.3 Å². The third-order valence-electron chi connectivity index (χ3n) is 2.38. The van der Waals surface area contributed by atoms with E-state index in [-0.39, 0.29) is 5.91 Å². The number of benzene rings is 1. The lowest BCUT2D eigenvalue weighted by Gasteiger charge is -2.11. The van der Waals surface area contributed by atoms with Crippen molar-refractivity contribution in [2.45, 2.75) is 13.5 Å². The molecule has 0 atom stereocenters. The zero-order chi connectivity index (χ0) is 12.8. The van der Waals surface area contributed by atoms with Crippen molar-refractivity contribution in [3.05, 3.63) is 35.9 Å². The van der Waals surface area contributed by atoms with E-state index >= 15 is 0 Å². The fourth-order valence-corrected chi connectivity index (χ4v) is 1.76. The van der Waals surface area contributed by atoms with Gasteiger partial charge in [-0.15, -0.1) is 11.8 Å². The first-order valence-corrected chi connectivity index (χ1v) is 6.45. The number of hydrogen-bond acceptors (Lipinski definition) is 3. The second-order valence-electron chi connectivity index (χ2n) is 3.56. The van der Waals surface area contributed by atoms with Gasteiger partial charge in [0.15, 0.2) is 0 Å². The number of rotatable bonds is 5. The minimum absolute atomic E-state index is 0.0512. The Morgan fingerprint density at radius 3 is 2.76 bits per heavy atom. The van der Waals surface area contributed by atoms with Gasteiger partial charge in [0.2, 0.25) is 5.91 Å². The molecule has 1 aromatic carbocycles. The normalized spacial score (nSPS) is 9.82. The van der Waals surface area contributed by atoms with E-state index in [1.54, 1.807) is 18.9 Å². The van der Waals surface area contributed by atoms with E-state index in [4.69, 9.17) is 4.74 Å². The maximum Gasteiger partial charge on any atom is 0.217 e. The summed E-state index contributed by atoms with van der Waals surface area (Å²) in [6.45, 7) is 5.93. The van der Waals surface area contributed by atoms with Crippen LogP contribution in [0.2, 0.25) is 0 Å². The van der Waals surface area contributed by atoms with Crippen molar-refractivity contribution in [3.63, 3.8) is 0 Å². The Bertz CT molecular complexity index is 429. The van der Waals surface area contributed by atoms with Gasteiger partial charge in [0, 0.05) is 23.9 Å². The quantitative estimate of drug-likeness (QED) is 0.874. The molecule has 0 aliphatic rings. The SMILES string of the molecule is C=C(SC)c1ccc(CNC(C)=O)c(OC)c1. The zero-order valence-electron chi connectivity index (χ0n) is 10.4. The van der Waals surface area contributed by atoms with Gasteiger partial charge in [-0.3, -0.25) is 4.79 Å². The Balaban J connectivity index is 2.93. The fraction of sp³-hybridized carbons (Fsp3) is 0.308. The number of nitrogens with one attached hydrogen (secondary N) is 1. The number of thioether (sulfide) groups is 1. The summed E-state index contributed by atoms with van der Waals surface area (Å²) in [4.78, 5) is 11.9. The zero-order valence-corrected chi connectivity index (χ0v) is 11.2. The largest absolute Gasteiger partial charge is 0.496 e. The summed E-state index contributed by atoms with van der Waals surface area (Å²) < 4.78 is 5.31. The summed E-state index contributed by atoms with van der Waals surface area (Å²) in [7, 11) is 1.62. The molecule has 1 rings (SSSR count). The van der Waals surface area contributed by atoms with Crippen molar-refractivity contribution in [2.24, 2.45) is 0 Å². The van der Waals surface area contributed by atoms with Crippen LogP contribution >= 0.6 is 11.8 Å². The van der Waals surface area contributed by atoms with Crippen LogP contribution < -0.4 is 10.1 Å². The lowest BCUT2D eigenvalue weighted by Crippen LogP contribution is -2.19. The van der Waals surface area contributed by atoms with Crippen LogP contribution in [0.5, 0.6) is 5.75 Å². The molecule has 0 aliphatic heterocycles. The molecule has 1 aromatic rings. The Labute approximate surface area is 106 Å². The molecule has 0 bridgehead atoms. The molecule has 0 aromatic heterocycles. The number of amides is 1. The Kier molecular flexibility index (Phi) is 5.10. The minimum Gasteiger partial charge on any atom is -0.496 e. The highest BCUT2D eigenvalue weighted by Crippen LogP contribution is 2.28. The topological polar surface area (TPSA) is 38.3 Å². The van der Waals surface area contributed by atoms with Crippen LogP contribution in [0.3, 0.4) is 0 Å². The average Bonchev–Trinajstić information content (AvgIpc) is 2.34. The summed E-state index contributed by atoms with van der Waals surface area (Å²) in [5.74, 6) is 0.719. The molecular formula is C13H17NO2S. The fourth-order valence-electron chi connectivity index (χ4n) is 1.40. The molecule has 1 amide bonds. The molecule has 0 radical (unpaired) electrons. The summed E-state index contributed by atoms with van der Waals surface area (Å²) >= 11 is 1.60. The third-order valence-corrected chi connectivity index (χ3v) is 3.11. The van der Waals surface area contributed by atoms with Gasteiger partial charge in [-0.2, -0.15) is 0 Å². The first-order valence-electron chi connectivity index (χ1n) is 5.23. The molecule has 92 valence electrons. The second kappa shape index (κ2) is 6.35. The molecule has 0 fully saturated rings. The predicted octanol–water partition coefficient (Wildman–Crippen LogP) is 2.67. The van der Waals surface area contributed by atoms with Gasteiger partial charge in [-0.25, -0.2) is 0 Å². The highest BCUT2D eigenvalue weighted by Gasteiger charge is 2.06. The number of hydrogen-bond donors (Lipinski definition) is 1. The first-order chi connectivity index (χ1) is 8.08. The van der Waals surface area contributed by atoms with Gasteiger partial charge in [-0.05, 0) is 17.9 Å². The lowest BCUT2D eigenvalue weighted by molar-refractivity contribution is -0.119. The number of carbonyl (C=O) groups is 1. The van der Waals surface area contributed by atoms with Crippen molar-refractivity contribution in [1.29, 1.82) is 0 Å². The van der Waals surface area contributed by atoms with E-state index in [9.17, 15) is 4.79 Å². The molecular weight excluding hydrogens is 234 g/mol. The van der Waals surface area contributed by atoms with E-state index in [2.05, 4.69) is 11.9 Å². The highest BCUT2D eigenvalue weighted by atomic mass is 32.2. The highest BCUT2D eigenvalue weighted by molar-refractivity contribution is 8.07. The molecule has 0 unspecified atom stereocenters. The van der Waals surface area contributed by atoms with Crippen LogP contribution in [0.15, 0.2) is 24.8 Å². The Morgan fingerprint density at radius 2 is 2.24 bits per heavy atom. The van der Waals surface area contributed by atoms with Gasteiger partial charge < -0.3 is 10.1 Å². The number of methoxy groups -OCH3 is 1. The van der Waals surface area contributed by atoms with Gasteiger partial charge in [0.1, 0.15) is 5.75 Å². The molecule has 1 N–H and O–H groups in total. The second-order valence-corrected chi connectivity index (χ2v) is 4.46. The Hall–Kier alpha value is -1.42. The van der Waals surface area contributed by atoms with Crippen LogP contribution in [0, 0.1) is 0 Å². The van der Waals surface area contributed by atoms with Crippen LogP contribution in [0.1, 0.15) is 18.1 Å². The van der Waals surface area contributed by atoms with Gasteiger partial charge in [-0.1, -0.05) is 18.7 Å². The molecule has 0 spiro atoms. The average molecular weight is 251 g/mol. The monoisotopic (exact) mass is 251 g/mol. The summed E-state index contributed by atoms with van der Waals surface area (Å²) in [6.07, 6.45) is 1.99. The van der Waals surface area contributed by atoms with Crippen molar-refractivity contribution in [3.8, 4) is 5.75 Å². The van der Waals surface area contributed by atoms with Crippen molar-refractivity contribution < 1.29 is 9.53 Å². The predicted molar refractivity (Wildman–Crippen MR) is 73.1 cm³/mol. The van der Waals surface area contributed by atoms with Crippen LogP contribution in [0.25, 0.3) is 4.91 Å². The van der Waals surface area contributed by atoms with Gasteiger partial charge in [0.05, 0.1) is 7.11 Å². The minimum atomic E-state index is -0.0512. The first kappa shape index (κ1) is 13.6. The number of carbonyl (C=O) groups excluding carboxylic acids is 1. The standard InChI is InChI=1S/C13H17NO2S/c1-9(17-4)11-5-6-12(8-14-10(2)15)13(7-11)16-3/h5-7H,1,8H2,2-4H3,(H,14,15). The summed E-state index contributed by atoms with van der Waals surface area (Å²) in [5, 5.41) is 2.75. The molecule has 0 heterocycles. The molecule has 0 aliphatic carbocycles. The molecule has 3 nitrogen and oxygen atoms in total. The summed E-state index contributed by atoms with van der Waals surface area (Å²) in [5.41, 5.74) is 2.00. The number of ether oxygens (including phenoxy) is 1. The molecule has 17 heavy (non-hydrogen) atoms. The van der Waals surface area contributed by atoms with E-state index < -0.39 is 0 Å². The van der Waals surface area contributed by atoms with E-state index in [0.29, 0.717) is 6.54 Å². The molecule has 0 saturated heterocycles. The lowest BCUT2D eigenvalue weighted by atomic mass is 10.1. The Morgan fingerprint density at radius 1 is 1.53 bits per heavy atom.